The second-order valence-corrected chi connectivity index (χ2v) is 6.28. The summed E-state index contributed by atoms with van der Waals surface area (Å²) in [5, 5.41) is 0.806. The third-order valence-electron chi connectivity index (χ3n) is 2.63. The Balaban J connectivity index is 2.55. The first kappa shape index (κ1) is 14.6. The first-order valence-electron chi connectivity index (χ1n) is 6.03. The molecule has 0 spiro atoms. The van der Waals surface area contributed by atoms with Gasteiger partial charge in [0.15, 0.2) is 0 Å². The molecule has 2 rings (SSSR count). The van der Waals surface area contributed by atoms with E-state index in [-0.39, 0.29) is 0 Å². The van der Waals surface area contributed by atoms with Crippen LogP contribution in [0.25, 0.3) is 10.9 Å². The van der Waals surface area contributed by atoms with Crippen molar-refractivity contribution in [2.24, 2.45) is 5.73 Å². The molecule has 6 heteroatoms. The molecule has 0 bridgehead atoms. The van der Waals surface area contributed by atoms with Crippen LogP contribution in [0.15, 0.2) is 28.9 Å². The van der Waals surface area contributed by atoms with Crippen LogP contribution in [0.4, 0.5) is 4.79 Å². The molecule has 0 saturated heterocycles. The van der Waals surface area contributed by atoms with E-state index in [0.717, 1.165) is 9.86 Å². The van der Waals surface area contributed by atoms with Crippen LogP contribution in [0.1, 0.15) is 31.1 Å². The molecular formula is C14H15BrN2O3. The predicted octanol–water partition coefficient (Wildman–Crippen LogP) is 3.29. The van der Waals surface area contributed by atoms with Crippen LogP contribution in [-0.2, 0) is 4.74 Å². The fourth-order valence-corrected chi connectivity index (χ4v) is 2.34. The second-order valence-electron chi connectivity index (χ2n) is 5.42. The van der Waals surface area contributed by atoms with E-state index in [1.54, 1.807) is 45.2 Å². The molecule has 1 amide bonds. The summed E-state index contributed by atoms with van der Waals surface area (Å²) in [4.78, 5) is 23.4. The molecule has 2 N–H and O–H groups in total. The van der Waals surface area contributed by atoms with Gasteiger partial charge in [-0.05, 0) is 48.8 Å². The molecule has 1 aromatic carbocycles. The third kappa shape index (κ3) is 2.85. The molecule has 20 heavy (non-hydrogen) atoms. The number of rotatable bonds is 1. The molecule has 2 aromatic rings. The number of nitrogens with zero attached hydrogens (tertiary/aromatic N) is 1. The van der Waals surface area contributed by atoms with E-state index in [1.165, 1.54) is 4.57 Å². The van der Waals surface area contributed by atoms with E-state index in [4.69, 9.17) is 10.5 Å². The number of aromatic nitrogens is 1. The van der Waals surface area contributed by atoms with Gasteiger partial charge in [-0.1, -0.05) is 6.07 Å². The van der Waals surface area contributed by atoms with Crippen LogP contribution < -0.4 is 5.73 Å². The highest BCUT2D eigenvalue weighted by atomic mass is 79.9. The highest BCUT2D eigenvalue weighted by Gasteiger charge is 2.20. The van der Waals surface area contributed by atoms with Gasteiger partial charge in [-0.15, -0.1) is 0 Å². The maximum Gasteiger partial charge on any atom is 0.419 e. The molecule has 0 fully saturated rings. The van der Waals surface area contributed by atoms with Gasteiger partial charge in [0.1, 0.15) is 5.60 Å². The monoisotopic (exact) mass is 338 g/mol. The van der Waals surface area contributed by atoms with Crippen LogP contribution in [0.5, 0.6) is 0 Å². The maximum atomic E-state index is 12.2. The Morgan fingerprint density at radius 1 is 1.30 bits per heavy atom. The zero-order valence-corrected chi connectivity index (χ0v) is 13.0. The highest BCUT2D eigenvalue weighted by Crippen LogP contribution is 2.28. The van der Waals surface area contributed by atoms with Gasteiger partial charge in [-0.3, -0.25) is 9.36 Å². The quantitative estimate of drug-likeness (QED) is 0.866. The number of fused-ring (bicyclic) bond motifs is 1. The summed E-state index contributed by atoms with van der Waals surface area (Å²) in [6.45, 7) is 5.38. The molecule has 0 aliphatic heterocycles. The van der Waals surface area contributed by atoms with Gasteiger partial charge in [0, 0.05) is 21.6 Å². The fourth-order valence-electron chi connectivity index (χ4n) is 1.80. The van der Waals surface area contributed by atoms with E-state index >= 15 is 0 Å². The number of halogens is 1. The number of ether oxygens (including phenoxy) is 1. The van der Waals surface area contributed by atoms with Crippen LogP contribution in [0.2, 0.25) is 0 Å². The highest BCUT2D eigenvalue weighted by molar-refractivity contribution is 9.10. The second kappa shape index (κ2) is 4.94. The van der Waals surface area contributed by atoms with Crippen molar-refractivity contribution in [3.05, 3.63) is 34.4 Å². The summed E-state index contributed by atoms with van der Waals surface area (Å²) in [6.07, 6.45) is 1.11. The summed E-state index contributed by atoms with van der Waals surface area (Å²) < 4.78 is 7.44. The molecule has 0 atom stereocenters. The minimum Gasteiger partial charge on any atom is -0.443 e. The van der Waals surface area contributed by atoms with E-state index in [1.807, 2.05) is 0 Å². The lowest BCUT2D eigenvalue weighted by Crippen LogP contribution is -2.26. The predicted molar refractivity (Wildman–Crippen MR) is 79.8 cm³/mol. The average molecular weight is 339 g/mol. The van der Waals surface area contributed by atoms with Gasteiger partial charge in [0.05, 0.1) is 5.52 Å². The molecule has 1 aromatic heterocycles. The number of amides is 1. The summed E-state index contributed by atoms with van der Waals surface area (Å²) in [7, 11) is 0. The molecule has 1 heterocycles. The largest absolute Gasteiger partial charge is 0.443 e. The van der Waals surface area contributed by atoms with Crippen molar-refractivity contribution in [3.63, 3.8) is 0 Å². The summed E-state index contributed by atoms with van der Waals surface area (Å²) in [5.41, 5.74) is 5.58. The number of hydrogen-bond acceptors (Lipinski definition) is 3. The third-order valence-corrected chi connectivity index (χ3v) is 3.26. The molecule has 106 valence electrons. The summed E-state index contributed by atoms with van der Waals surface area (Å²) >= 11 is 3.38. The van der Waals surface area contributed by atoms with Crippen molar-refractivity contribution in [1.29, 1.82) is 0 Å². The van der Waals surface area contributed by atoms with Crippen LogP contribution >= 0.6 is 15.9 Å². The first-order valence-corrected chi connectivity index (χ1v) is 6.82. The molecule has 5 nitrogen and oxygen atoms in total. The molecular weight excluding hydrogens is 324 g/mol. The van der Waals surface area contributed by atoms with E-state index in [0.29, 0.717) is 11.1 Å². The smallest absolute Gasteiger partial charge is 0.419 e. The van der Waals surface area contributed by atoms with Crippen molar-refractivity contribution in [2.45, 2.75) is 26.4 Å². The van der Waals surface area contributed by atoms with Crippen molar-refractivity contribution in [1.82, 2.24) is 4.57 Å². The molecule has 0 saturated carbocycles. The molecule has 0 aliphatic rings. The summed E-state index contributed by atoms with van der Waals surface area (Å²) in [6, 6.07) is 4.93. The minimum atomic E-state index is -0.596. The Morgan fingerprint density at radius 3 is 2.50 bits per heavy atom. The van der Waals surface area contributed by atoms with Gasteiger partial charge in [-0.2, -0.15) is 0 Å². The van der Waals surface area contributed by atoms with Crippen LogP contribution in [0.3, 0.4) is 0 Å². The van der Waals surface area contributed by atoms with Gasteiger partial charge in [-0.25, -0.2) is 4.79 Å². The molecule has 0 aliphatic carbocycles. The Bertz CT molecular complexity index is 698. The fraction of sp³-hybridized carbons (Fsp3) is 0.286. The topological polar surface area (TPSA) is 74.3 Å². The minimum absolute atomic E-state index is 0.341. The maximum absolute atomic E-state index is 12.2. The first-order chi connectivity index (χ1) is 9.19. The van der Waals surface area contributed by atoms with Gasteiger partial charge < -0.3 is 10.5 Å². The number of benzene rings is 1. The van der Waals surface area contributed by atoms with Crippen molar-refractivity contribution in [3.8, 4) is 0 Å². The number of carbonyl (C=O) groups excluding carboxylic acids is 2. The summed E-state index contributed by atoms with van der Waals surface area (Å²) in [5.74, 6) is -0.542. The lowest BCUT2D eigenvalue weighted by atomic mass is 10.1. The van der Waals surface area contributed by atoms with Gasteiger partial charge >= 0.3 is 6.09 Å². The van der Waals surface area contributed by atoms with E-state index in [9.17, 15) is 9.59 Å². The molecule has 0 radical (unpaired) electrons. The van der Waals surface area contributed by atoms with Crippen molar-refractivity contribution >= 4 is 38.8 Å². The average Bonchev–Trinajstić information content (AvgIpc) is 2.64. The zero-order chi connectivity index (χ0) is 15.1. The normalized spacial score (nSPS) is 11.6. The van der Waals surface area contributed by atoms with E-state index in [2.05, 4.69) is 15.9 Å². The van der Waals surface area contributed by atoms with Crippen LogP contribution in [-0.4, -0.2) is 22.2 Å². The Labute approximate surface area is 124 Å². The number of hydrogen-bond donors (Lipinski definition) is 1. The van der Waals surface area contributed by atoms with E-state index < -0.39 is 17.6 Å². The number of primary amides is 1. The molecule has 0 unspecified atom stereocenters. The van der Waals surface area contributed by atoms with Gasteiger partial charge in [0.2, 0.25) is 5.91 Å². The Hall–Kier alpha value is -1.82. The van der Waals surface area contributed by atoms with Crippen molar-refractivity contribution < 1.29 is 14.3 Å². The standard InChI is InChI=1S/C14H15BrN2O3/c1-14(2,3)20-13(19)17-7-10(15)9-5-4-8(12(16)18)6-11(9)17/h4-7H,1-3H3,(H2,16,18). The SMILES string of the molecule is CC(C)(C)OC(=O)n1cc(Br)c2ccc(C(N)=O)cc21. The Kier molecular flexibility index (Phi) is 3.60. The lowest BCUT2D eigenvalue weighted by Gasteiger charge is -2.19. The van der Waals surface area contributed by atoms with Crippen LogP contribution in [0, 0.1) is 0 Å². The van der Waals surface area contributed by atoms with Gasteiger partial charge in [0.25, 0.3) is 0 Å². The Morgan fingerprint density at radius 2 is 1.95 bits per heavy atom. The lowest BCUT2D eigenvalue weighted by molar-refractivity contribution is 0.0544. The number of carbonyl (C=O) groups is 2. The number of nitrogens with two attached hydrogens (primary N) is 1. The van der Waals surface area contributed by atoms with Crippen molar-refractivity contribution in [2.75, 3.05) is 0 Å². The zero-order valence-electron chi connectivity index (χ0n) is 11.4.